The van der Waals surface area contributed by atoms with E-state index >= 15 is 0 Å². The molecule has 1 aromatic heterocycles. The summed E-state index contributed by atoms with van der Waals surface area (Å²) in [6, 6.07) is 0. The monoisotopic (exact) mass is 306 g/mol. The van der Waals surface area contributed by atoms with Crippen molar-refractivity contribution < 1.29 is 4.74 Å². The van der Waals surface area contributed by atoms with Crippen LogP contribution in [0.4, 0.5) is 11.5 Å². The highest BCUT2D eigenvalue weighted by molar-refractivity contribution is 5.67. The Morgan fingerprint density at radius 1 is 1.23 bits per heavy atom. The van der Waals surface area contributed by atoms with E-state index in [-0.39, 0.29) is 0 Å². The number of hydrogen-bond donors (Lipinski definition) is 2. The number of nitrogen functional groups attached to an aromatic ring is 1. The Hall–Kier alpha value is -1.52. The van der Waals surface area contributed by atoms with Gasteiger partial charge in [0.15, 0.2) is 5.82 Å². The van der Waals surface area contributed by atoms with Crippen LogP contribution in [0.15, 0.2) is 0 Å². The lowest BCUT2D eigenvalue weighted by atomic mass is 10.2. The SMILES string of the molecule is CCCCCCNc1nc(C2CC2)nc(OCC(C)C)c1N. The van der Waals surface area contributed by atoms with Crippen LogP contribution < -0.4 is 15.8 Å². The zero-order chi connectivity index (χ0) is 15.9. The molecular formula is C17H30N4O. The maximum Gasteiger partial charge on any atom is 0.242 e. The van der Waals surface area contributed by atoms with Crippen LogP contribution in [0.1, 0.15) is 71.0 Å². The highest BCUT2D eigenvalue weighted by Gasteiger charge is 2.28. The van der Waals surface area contributed by atoms with E-state index in [4.69, 9.17) is 10.5 Å². The van der Waals surface area contributed by atoms with Gasteiger partial charge in [-0.15, -0.1) is 0 Å². The van der Waals surface area contributed by atoms with Crippen LogP contribution in [-0.4, -0.2) is 23.1 Å². The molecule has 0 unspecified atom stereocenters. The first kappa shape index (κ1) is 16.8. The van der Waals surface area contributed by atoms with E-state index in [9.17, 15) is 0 Å². The third-order valence-electron chi connectivity index (χ3n) is 3.75. The van der Waals surface area contributed by atoms with Gasteiger partial charge >= 0.3 is 0 Å². The van der Waals surface area contributed by atoms with E-state index in [1.165, 1.54) is 32.1 Å². The Morgan fingerprint density at radius 3 is 2.64 bits per heavy atom. The Balaban J connectivity index is 2.02. The van der Waals surface area contributed by atoms with Crippen molar-refractivity contribution in [1.82, 2.24) is 9.97 Å². The van der Waals surface area contributed by atoms with Crippen molar-refractivity contribution >= 4 is 11.5 Å². The summed E-state index contributed by atoms with van der Waals surface area (Å²) >= 11 is 0. The molecule has 0 aliphatic heterocycles. The van der Waals surface area contributed by atoms with Gasteiger partial charge in [0, 0.05) is 12.5 Å². The summed E-state index contributed by atoms with van der Waals surface area (Å²) < 4.78 is 5.79. The number of ether oxygens (including phenoxy) is 1. The van der Waals surface area contributed by atoms with Crippen molar-refractivity contribution in [2.45, 2.75) is 65.2 Å². The molecular weight excluding hydrogens is 276 g/mol. The molecule has 0 saturated heterocycles. The average molecular weight is 306 g/mol. The van der Waals surface area contributed by atoms with Gasteiger partial charge in [0.25, 0.3) is 0 Å². The van der Waals surface area contributed by atoms with Crippen LogP contribution in [0.5, 0.6) is 5.88 Å². The lowest BCUT2D eigenvalue weighted by Gasteiger charge is -2.15. The third-order valence-corrected chi connectivity index (χ3v) is 3.75. The van der Waals surface area contributed by atoms with Gasteiger partial charge in [-0.1, -0.05) is 40.0 Å². The van der Waals surface area contributed by atoms with Crippen LogP contribution in [0.3, 0.4) is 0 Å². The summed E-state index contributed by atoms with van der Waals surface area (Å²) in [4.78, 5) is 9.14. The molecule has 1 aliphatic carbocycles. The molecule has 0 amide bonds. The van der Waals surface area contributed by atoms with E-state index in [1.807, 2.05) is 0 Å². The first-order valence-electron chi connectivity index (χ1n) is 8.65. The Labute approximate surface area is 134 Å². The summed E-state index contributed by atoms with van der Waals surface area (Å²) in [6.45, 7) is 7.98. The van der Waals surface area contributed by atoms with Crippen molar-refractivity contribution in [3.8, 4) is 5.88 Å². The Kier molecular flexibility index (Phi) is 6.28. The van der Waals surface area contributed by atoms with Crippen molar-refractivity contribution in [3.05, 3.63) is 5.82 Å². The van der Waals surface area contributed by atoms with Crippen molar-refractivity contribution in [2.24, 2.45) is 5.92 Å². The molecule has 1 fully saturated rings. The van der Waals surface area contributed by atoms with E-state index in [0.29, 0.717) is 30.0 Å². The lowest BCUT2D eigenvalue weighted by Crippen LogP contribution is -2.13. The first-order chi connectivity index (χ1) is 10.6. The second kappa shape index (κ2) is 8.20. The topological polar surface area (TPSA) is 73.1 Å². The number of aromatic nitrogens is 2. The van der Waals surface area contributed by atoms with E-state index in [1.54, 1.807) is 0 Å². The lowest BCUT2D eigenvalue weighted by molar-refractivity contribution is 0.262. The molecule has 0 aromatic carbocycles. The van der Waals surface area contributed by atoms with E-state index < -0.39 is 0 Å². The smallest absolute Gasteiger partial charge is 0.242 e. The minimum Gasteiger partial charge on any atom is -0.476 e. The first-order valence-corrected chi connectivity index (χ1v) is 8.65. The molecule has 124 valence electrons. The van der Waals surface area contributed by atoms with Gasteiger partial charge in [0.2, 0.25) is 5.88 Å². The van der Waals surface area contributed by atoms with Gasteiger partial charge in [-0.2, -0.15) is 4.98 Å². The molecule has 1 aromatic rings. The quantitative estimate of drug-likeness (QED) is 0.640. The molecule has 0 spiro atoms. The standard InChI is InChI=1S/C17H30N4O/c1-4-5-6-7-10-19-16-14(18)17(22-11-12(2)3)21-15(20-16)13-8-9-13/h12-13H,4-11,18H2,1-3H3,(H,19,20,21). The van der Waals surface area contributed by atoms with Crippen LogP contribution in [0.2, 0.25) is 0 Å². The fourth-order valence-electron chi connectivity index (χ4n) is 2.24. The second-order valence-electron chi connectivity index (χ2n) is 6.62. The molecule has 1 aliphatic rings. The second-order valence-corrected chi connectivity index (χ2v) is 6.62. The molecule has 5 nitrogen and oxygen atoms in total. The highest BCUT2D eigenvalue weighted by Crippen LogP contribution is 2.40. The van der Waals surface area contributed by atoms with Crippen LogP contribution >= 0.6 is 0 Å². The minimum atomic E-state index is 0.448. The van der Waals surface area contributed by atoms with Crippen molar-refractivity contribution in [2.75, 3.05) is 24.2 Å². The summed E-state index contributed by atoms with van der Waals surface area (Å²) in [5.74, 6) is 3.10. The number of unbranched alkanes of at least 4 members (excludes halogenated alkanes) is 3. The van der Waals surface area contributed by atoms with Gasteiger partial charge in [0.05, 0.1) is 6.61 Å². The number of nitrogens with zero attached hydrogens (tertiary/aromatic N) is 2. The maximum atomic E-state index is 6.19. The number of nitrogens with one attached hydrogen (secondary N) is 1. The minimum absolute atomic E-state index is 0.448. The van der Waals surface area contributed by atoms with Crippen molar-refractivity contribution in [3.63, 3.8) is 0 Å². The number of rotatable bonds is 10. The fraction of sp³-hybridized carbons (Fsp3) is 0.765. The molecule has 3 N–H and O–H groups in total. The van der Waals surface area contributed by atoms with Crippen LogP contribution in [-0.2, 0) is 0 Å². The maximum absolute atomic E-state index is 6.19. The Bertz CT molecular complexity index is 472. The molecule has 0 atom stereocenters. The van der Waals surface area contributed by atoms with Gasteiger partial charge in [0.1, 0.15) is 11.5 Å². The van der Waals surface area contributed by atoms with Gasteiger partial charge < -0.3 is 15.8 Å². The zero-order valence-corrected chi connectivity index (χ0v) is 14.2. The summed E-state index contributed by atoms with van der Waals surface area (Å²) in [5, 5.41) is 3.37. The summed E-state index contributed by atoms with van der Waals surface area (Å²) in [7, 11) is 0. The largest absolute Gasteiger partial charge is 0.476 e. The summed E-state index contributed by atoms with van der Waals surface area (Å²) in [5.41, 5.74) is 6.73. The molecule has 22 heavy (non-hydrogen) atoms. The van der Waals surface area contributed by atoms with Gasteiger partial charge in [-0.25, -0.2) is 4.98 Å². The van der Waals surface area contributed by atoms with Crippen LogP contribution in [0.25, 0.3) is 0 Å². The normalized spacial score (nSPS) is 14.4. The molecule has 2 rings (SSSR count). The summed E-state index contributed by atoms with van der Waals surface area (Å²) in [6.07, 6.45) is 7.23. The van der Waals surface area contributed by atoms with Crippen LogP contribution in [0, 0.1) is 5.92 Å². The third kappa shape index (κ3) is 5.04. The Morgan fingerprint density at radius 2 is 2.00 bits per heavy atom. The average Bonchev–Trinajstić information content (AvgIpc) is 3.32. The van der Waals surface area contributed by atoms with E-state index in [0.717, 1.165) is 24.6 Å². The number of anilines is 2. The zero-order valence-electron chi connectivity index (χ0n) is 14.2. The van der Waals surface area contributed by atoms with E-state index in [2.05, 4.69) is 36.1 Å². The molecule has 1 heterocycles. The highest BCUT2D eigenvalue weighted by atomic mass is 16.5. The predicted octanol–water partition coefficient (Wildman–Crippen LogP) is 3.96. The van der Waals surface area contributed by atoms with Gasteiger partial charge in [-0.05, 0) is 25.2 Å². The number of nitrogens with two attached hydrogens (primary N) is 1. The fourth-order valence-corrected chi connectivity index (χ4v) is 2.24. The molecule has 0 radical (unpaired) electrons. The van der Waals surface area contributed by atoms with Gasteiger partial charge in [-0.3, -0.25) is 0 Å². The molecule has 0 bridgehead atoms. The molecule has 5 heteroatoms. The predicted molar refractivity (Wildman–Crippen MR) is 91.4 cm³/mol. The number of hydrogen-bond acceptors (Lipinski definition) is 5. The van der Waals surface area contributed by atoms with Crippen molar-refractivity contribution in [1.29, 1.82) is 0 Å². The molecule has 1 saturated carbocycles.